The molecule has 1 heterocycles. The maximum atomic E-state index is 10.3. The lowest BCUT2D eigenvalue weighted by Crippen LogP contribution is -2.44. The third kappa shape index (κ3) is 1.02. The van der Waals surface area contributed by atoms with Crippen molar-refractivity contribution in [2.75, 3.05) is 5.73 Å². The van der Waals surface area contributed by atoms with E-state index in [1.54, 1.807) is 0 Å². The van der Waals surface area contributed by atoms with Gasteiger partial charge < -0.3 is 5.11 Å². The van der Waals surface area contributed by atoms with Crippen molar-refractivity contribution in [1.82, 2.24) is 4.98 Å². The fourth-order valence-electron chi connectivity index (χ4n) is 0.544. The summed E-state index contributed by atoms with van der Waals surface area (Å²) in [4.78, 5) is 13.8. The van der Waals surface area contributed by atoms with Crippen LogP contribution in [0.3, 0.4) is 0 Å². The number of anilines is 1. The van der Waals surface area contributed by atoms with Gasteiger partial charge >= 0.3 is 12.0 Å². The highest BCUT2D eigenvalue weighted by atomic mass is 16.4. The first-order chi connectivity index (χ1) is 4.72. The Kier molecular flexibility index (Phi) is 1.49. The van der Waals surface area contributed by atoms with Crippen molar-refractivity contribution in [3.8, 4) is 0 Å². The lowest BCUT2D eigenvalue weighted by molar-refractivity contribution is -0.572. The number of rotatable bonds is 0. The van der Waals surface area contributed by atoms with E-state index in [9.17, 15) is 4.79 Å². The molecule has 1 aromatic rings. The number of carboxylic acid groups (broad SMARTS) is 1. The fourth-order valence-corrected chi connectivity index (χ4v) is 0.544. The van der Waals surface area contributed by atoms with E-state index in [2.05, 4.69) is 4.98 Å². The summed E-state index contributed by atoms with van der Waals surface area (Å²) in [6.45, 7) is 0. The Bertz CT molecular complexity index is 261. The number of hydrogen-bond donors (Lipinski definition) is 2. The van der Waals surface area contributed by atoms with Gasteiger partial charge in [-0.3, -0.25) is 5.73 Å². The van der Waals surface area contributed by atoms with Crippen LogP contribution in [0.15, 0.2) is 18.5 Å². The van der Waals surface area contributed by atoms with E-state index in [4.69, 9.17) is 10.8 Å². The summed E-state index contributed by atoms with van der Waals surface area (Å²) in [7, 11) is 0. The number of nitrogen functional groups attached to an aromatic ring is 1. The first kappa shape index (κ1) is 6.47. The van der Waals surface area contributed by atoms with Crippen LogP contribution in [-0.2, 0) is 0 Å². The Morgan fingerprint density at radius 3 is 2.90 bits per heavy atom. The number of nitrogens with two attached hydrogens (primary N) is 1. The summed E-state index contributed by atoms with van der Waals surface area (Å²) in [6, 6.07) is 1.49. The van der Waals surface area contributed by atoms with Crippen molar-refractivity contribution < 1.29 is 14.5 Å². The highest BCUT2D eigenvalue weighted by molar-refractivity contribution is 5.55. The van der Waals surface area contributed by atoms with Gasteiger partial charge in [0.15, 0.2) is 0 Å². The maximum Gasteiger partial charge on any atom is 0.480 e. The van der Waals surface area contributed by atoms with E-state index in [0.717, 1.165) is 4.57 Å². The first-order valence-electron chi connectivity index (χ1n) is 2.57. The van der Waals surface area contributed by atoms with Gasteiger partial charge in [-0.25, -0.2) is 4.79 Å². The maximum absolute atomic E-state index is 10.3. The van der Waals surface area contributed by atoms with Gasteiger partial charge in [-0.1, -0.05) is 4.98 Å². The van der Waals surface area contributed by atoms with Gasteiger partial charge in [0.05, 0.1) is 6.20 Å². The van der Waals surface area contributed by atoms with Crippen LogP contribution in [0.25, 0.3) is 0 Å². The quantitative estimate of drug-likeness (QED) is 0.475. The van der Waals surface area contributed by atoms with Crippen molar-refractivity contribution in [3.05, 3.63) is 18.5 Å². The molecule has 1 rings (SSSR count). The monoisotopic (exact) mass is 140 g/mol. The Labute approximate surface area is 56.7 Å². The first-order valence-corrected chi connectivity index (χ1v) is 2.57. The van der Waals surface area contributed by atoms with Gasteiger partial charge in [-0.15, -0.1) is 4.57 Å². The number of nitrogens with zero attached hydrogens (tertiary/aromatic N) is 2. The summed E-state index contributed by atoms with van der Waals surface area (Å²) < 4.78 is 0.833. The molecule has 5 heteroatoms. The summed E-state index contributed by atoms with van der Waals surface area (Å²) >= 11 is 0. The largest absolute Gasteiger partial charge is 0.480 e. The van der Waals surface area contributed by atoms with Gasteiger partial charge in [-0.2, -0.15) is 0 Å². The van der Waals surface area contributed by atoms with Gasteiger partial charge in [0.25, 0.3) is 0 Å². The topological polar surface area (TPSA) is 80.1 Å². The molecule has 0 unspecified atom stereocenters. The lowest BCUT2D eigenvalue weighted by atomic mass is 10.6. The van der Waals surface area contributed by atoms with Crippen molar-refractivity contribution in [3.63, 3.8) is 0 Å². The predicted molar refractivity (Wildman–Crippen MR) is 32.3 cm³/mol. The molecule has 0 saturated heterocycles. The van der Waals surface area contributed by atoms with Crippen molar-refractivity contribution in [2.24, 2.45) is 0 Å². The normalized spacial score (nSPS) is 9.20. The zero-order valence-corrected chi connectivity index (χ0v) is 5.06. The molecule has 10 heavy (non-hydrogen) atoms. The Balaban J connectivity index is 3.15. The lowest BCUT2D eigenvalue weighted by Gasteiger charge is -1.90. The average molecular weight is 140 g/mol. The van der Waals surface area contributed by atoms with E-state index in [-0.39, 0.29) is 5.95 Å². The average Bonchev–Trinajstić information content (AvgIpc) is 1.88. The molecule has 0 bridgehead atoms. The molecule has 3 N–H and O–H groups in total. The number of hydrogen-bond acceptors (Lipinski definition) is 3. The highest BCUT2D eigenvalue weighted by Crippen LogP contribution is 1.82. The molecular formula is C5H6N3O2+. The van der Waals surface area contributed by atoms with Crippen molar-refractivity contribution in [2.45, 2.75) is 0 Å². The molecule has 52 valence electrons. The van der Waals surface area contributed by atoms with E-state index in [1.807, 2.05) is 0 Å². The van der Waals surface area contributed by atoms with Gasteiger partial charge in [0.1, 0.15) is 6.20 Å². The Morgan fingerprint density at radius 2 is 2.50 bits per heavy atom. The van der Waals surface area contributed by atoms with Crippen LogP contribution < -0.4 is 10.3 Å². The SMILES string of the molecule is Nc1nccc[n+]1C(=O)O. The number of aromatic nitrogens is 2. The molecule has 5 nitrogen and oxygen atoms in total. The smallest absolute Gasteiger partial charge is 0.452 e. The van der Waals surface area contributed by atoms with E-state index >= 15 is 0 Å². The molecule has 0 fully saturated rings. The minimum Gasteiger partial charge on any atom is -0.452 e. The number of carbonyl (C=O) groups is 1. The van der Waals surface area contributed by atoms with Crippen LogP contribution in [0.4, 0.5) is 10.7 Å². The second-order valence-electron chi connectivity index (χ2n) is 1.63. The predicted octanol–water partition coefficient (Wildman–Crippen LogP) is -0.523. The molecule has 0 aliphatic rings. The van der Waals surface area contributed by atoms with Gasteiger partial charge in [0.2, 0.25) is 0 Å². The van der Waals surface area contributed by atoms with E-state index in [1.165, 1.54) is 18.5 Å². The molecule has 1 aromatic heterocycles. The van der Waals surface area contributed by atoms with Crippen LogP contribution in [0.1, 0.15) is 0 Å². The van der Waals surface area contributed by atoms with Gasteiger partial charge in [0, 0.05) is 6.07 Å². The zero-order valence-electron chi connectivity index (χ0n) is 5.06. The minimum atomic E-state index is -1.13. The molecule has 0 radical (unpaired) electrons. The third-order valence-electron chi connectivity index (χ3n) is 0.981. The van der Waals surface area contributed by atoms with Crippen molar-refractivity contribution >= 4 is 12.0 Å². The molecule has 0 aliphatic heterocycles. The molecule has 0 amide bonds. The molecule has 0 aliphatic carbocycles. The van der Waals surface area contributed by atoms with E-state index < -0.39 is 6.09 Å². The second kappa shape index (κ2) is 2.30. The molecule has 0 aromatic carbocycles. The van der Waals surface area contributed by atoms with Crippen LogP contribution in [0.5, 0.6) is 0 Å². The van der Waals surface area contributed by atoms with Crippen LogP contribution in [-0.4, -0.2) is 16.2 Å². The molecular weight excluding hydrogens is 134 g/mol. The van der Waals surface area contributed by atoms with Crippen molar-refractivity contribution in [1.29, 1.82) is 0 Å². The van der Waals surface area contributed by atoms with Crippen LogP contribution in [0, 0.1) is 0 Å². The third-order valence-corrected chi connectivity index (χ3v) is 0.981. The fraction of sp³-hybridized carbons (Fsp3) is 0. The highest BCUT2D eigenvalue weighted by Gasteiger charge is 2.10. The summed E-state index contributed by atoms with van der Waals surface area (Å²) in [5, 5.41) is 8.41. The molecule has 0 spiro atoms. The van der Waals surface area contributed by atoms with Crippen LogP contribution in [0.2, 0.25) is 0 Å². The molecule has 0 saturated carbocycles. The Hall–Kier alpha value is -1.65. The van der Waals surface area contributed by atoms with Crippen LogP contribution >= 0.6 is 0 Å². The zero-order chi connectivity index (χ0) is 7.56. The van der Waals surface area contributed by atoms with Gasteiger partial charge in [-0.05, 0) is 0 Å². The minimum absolute atomic E-state index is 0.0324. The summed E-state index contributed by atoms with van der Waals surface area (Å²) in [6.07, 6.45) is 1.62. The standard InChI is InChI=1S/C5H5N3O2/c6-4-7-2-1-3-8(4)5(9)10/h1-3,6H,(H,9,10)/p+1. The van der Waals surface area contributed by atoms with E-state index in [0.29, 0.717) is 0 Å². The molecule has 0 atom stereocenters. The summed E-state index contributed by atoms with van der Waals surface area (Å²) in [5.41, 5.74) is 5.19. The second-order valence-corrected chi connectivity index (χ2v) is 1.63. The Morgan fingerprint density at radius 1 is 1.80 bits per heavy atom. The summed E-state index contributed by atoms with van der Waals surface area (Å²) in [5.74, 6) is -0.0324.